The van der Waals surface area contributed by atoms with Crippen molar-refractivity contribution in [3.05, 3.63) is 76.5 Å². The minimum atomic E-state index is -3.69. The van der Waals surface area contributed by atoms with Gasteiger partial charge in [-0.05, 0) is 36.8 Å². The van der Waals surface area contributed by atoms with Crippen LogP contribution in [0.15, 0.2) is 54.6 Å². The highest BCUT2D eigenvalue weighted by Crippen LogP contribution is 2.33. The Bertz CT molecular complexity index is 1080. The molecule has 146 valence electrons. The van der Waals surface area contributed by atoms with Crippen molar-refractivity contribution in [1.82, 2.24) is 9.71 Å². The minimum absolute atomic E-state index is 0.0469. The molecule has 0 aliphatic heterocycles. The molecular weight excluding hydrogens is 401 g/mol. The lowest BCUT2D eigenvalue weighted by atomic mass is 10.2. The minimum Gasteiger partial charge on any atom is -0.313 e. The molecule has 0 aliphatic rings. The highest BCUT2D eigenvalue weighted by molar-refractivity contribution is 7.89. The first-order valence-corrected chi connectivity index (χ1v) is 11.0. The second kappa shape index (κ2) is 8.07. The molecule has 2 aromatic carbocycles. The molecule has 0 atom stereocenters. The molecule has 0 saturated carbocycles. The molecule has 0 aliphatic carbocycles. The van der Waals surface area contributed by atoms with Crippen molar-refractivity contribution in [3.8, 4) is 0 Å². The van der Waals surface area contributed by atoms with Crippen molar-refractivity contribution in [3.63, 3.8) is 0 Å². The largest absolute Gasteiger partial charge is 0.313 e. The van der Waals surface area contributed by atoms with Gasteiger partial charge in [0.2, 0.25) is 10.0 Å². The molecule has 1 heterocycles. The summed E-state index contributed by atoms with van der Waals surface area (Å²) in [6.45, 7) is 2.15. The summed E-state index contributed by atoms with van der Waals surface area (Å²) in [7, 11) is -3.69. The number of hydrogen-bond donors (Lipinski definition) is 1. The molecule has 3 rings (SSSR count). The highest BCUT2D eigenvalue weighted by atomic mass is 32.2. The molecule has 0 fully saturated rings. The maximum Gasteiger partial charge on any atom is 0.284 e. The van der Waals surface area contributed by atoms with E-state index in [1.807, 2.05) is 40.0 Å². The van der Waals surface area contributed by atoms with Gasteiger partial charge in [-0.2, -0.15) is 0 Å². The Kier molecular flexibility index (Phi) is 5.76. The van der Waals surface area contributed by atoms with E-state index in [1.165, 1.54) is 23.5 Å². The number of halogens is 1. The Morgan fingerprint density at radius 2 is 1.79 bits per heavy atom. The van der Waals surface area contributed by atoms with Crippen LogP contribution < -0.4 is 9.62 Å². The fourth-order valence-electron chi connectivity index (χ4n) is 2.58. The summed E-state index contributed by atoms with van der Waals surface area (Å²) in [6, 6.07) is 15.6. The Labute approximate surface area is 166 Å². The third kappa shape index (κ3) is 4.93. The van der Waals surface area contributed by atoms with Gasteiger partial charge in [-0.3, -0.25) is 4.79 Å². The molecule has 0 spiro atoms. The van der Waals surface area contributed by atoms with Crippen LogP contribution in [0.4, 0.5) is 15.2 Å². The SMILES string of the molecule is Cc1sc(N(Cc2ccccc2)c2ccc(F)cc2)nc1C(=O)NS(C)(=O)=O. The summed E-state index contributed by atoms with van der Waals surface area (Å²) in [5.74, 6) is -1.13. The quantitative estimate of drug-likeness (QED) is 0.660. The Hall–Kier alpha value is -2.78. The van der Waals surface area contributed by atoms with Gasteiger partial charge in [0, 0.05) is 10.6 Å². The number of sulfonamides is 1. The number of benzene rings is 2. The molecule has 3 aromatic rings. The number of nitrogens with one attached hydrogen (secondary N) is 1. The van der Waals surface area contributed by atoms with Gasteiger partial charge in [-0.25, -0.2) is 22.5 Å². The van der Waals surface area contributed by atoms with Crippen LogP contribution >= 0.6 is 11.3 Å². The smallest absolute Gasteiger partial charge is 0.284 e. The average molecular weight is 420 g/mol. The third-order valence-electron chi connectivity index (χ3n) is 3.83. The Balaban J connectivity index is 1.99. The van der Waals surface area contributed by atoms with Crippen LogP contribution in [0.5, 0.6) is 0 Å². The number of nitrogens with zero attached hydrogens (tertiary/aromatic N) is 2. The standard InChI is InChI=1S/C19H18FN3O3S2/c1-13-17(18(24)22-28(2,25)26)21-19(27-13)23(12-14-6-4-3-5-7-14)16-10-8-15(20)9-11-16/h3-11H,12H2,1-2H3,(H,22,24). The summed E-state index contributed by atoms with van der Waals surface area (Å²) in [4.78, 5) is 19.0. The monoisotopic (exact) mass is 419 g/mol. The van der Waals surface area contributed by atoms with E-state index in [1.54, 1.807) is 19.1 Å². The maximum atomic E-state index is 13.4. The zero-order chi connectivity index (χ0) is 20.3. The lowest BCUT2D eigenvalue weighted by Crippen LogP contribution is -2.30. The first-order chi connectivity index (χ1) is 13.2. The molecule has 0 radical (unpaired) electrons. The van der Waals surface area contributed by atoms with Crippen LogP contribution in [0.3, 0.4) is 0 Å². The zero-order valence-corrected chi connectivity index (χ0v) is 16.8. The number of thiazole rings is 1. The molecule has 0 saturated heterocycles. The predicted molar refractivity (Wildman–Crippen MR) is 108 cm³/mol. The molecule has 1 amide bonds. The maximum absolute atomic E-state index is 13.4. The first-order valence-electron chi connectivity index (χ1n) is 8.29. The van der Waals surface area contributed by atoms with Gasteiger partial charge in [0.05, 0.1) is 12.8 Å². The number of aryl methyl sites for hydroxylation is 1. The van der Waals surface area contributed by atoms with E-state index in [0.29, 0.717) is 22.2 Å². The molecule has 1 N–H and O–H groups in total. The predicted octanol–water partition coefficient (Wildman–Crippen LogP) is 3.62. The lowest BCUT2D eigenvalue weighted by molar-refractivity contribution is 0.0977. The lowest BCUT2D eigenvalue weighted by Gasteiger charge is -2.22. The third-order valence-corrected chi connectivity index (χ3v) is 5.38. The van der Waals surface area contributed by atoms with Crippen molar-refractivity contribution >= 4 is 38.1 Å². The molecule has 0 bridgehead atoms. The number of hydrogen-bond acceptors (Lipinski definition) is 6. The van der Waals surface area contributed by atoms with Crippen LogP contribution in [0, 0.1) is 12.7 Å². The number of carbonyl (C=O) groups excluding carboxylic acids is 1. The van der Waals surface area contributed by atoms with E-state index in [-0.39, 0.29) is 11.5 Å². The normalized spacial score (nSPS) is 11.2. The molecule has 6 nitrogen and oxygen atoms in total. The van der Waals surface area contributed by atoms with Gasteiger partial charge in [0.1, 0.15) is 11.5 Å². The number of anilines is 2. The van der Waals surface area contributed by atoms with E-state index in [4.69, 9.17) is 0 Å². The second-order valence-corrected chi connectivity index (χ2v) is 9.08. The molecule has 9 heteroatoms. The highest BCUT2D eigenvalue weighted by Gasteiger charge is 2.22. The number of rotatable bonds is 6. The molecule has 1 aromatic heterocycles. The van der Waals surface area contributed by atoms with E-state index >= 15 is 0 Å². The van der Waals surface area contributed by atoms with E-state index < -0.39 is 15.9 Å². The second-order valence-electron chi connectivity index (χ2n) is 6.15. The molecule has 0 unspecified atom stereocenters. The van der Waals surface area contributed by atoms with E-state index in [9.17, 15) is 17.6 Å². The number of aromatic nitrogens is 1. The van der Waals surface area contributed by atoms with E-state index in [0.717, 1.165) is 11.8 Å². The topological polar surface area (TPSA) is 79.4 Å². The number of amides is 1. The van der Waals surface area contributed by atoms with Crippen LogP contribution in [-0.2, 0) is 16.6 Å². The Morgan fingerprint density at radius 3 is 2.39 bits per heavy atom. The van der Waals surface area contributed by atoms with Crippen LogP contribution in [-0.4, -0.2) is 25.6 Å². The van der Waals surface area contributed by atoms with E-state index in [2.05, 4.69) is 4.98 Å². The Morgan fingerprint density at radius 1 is 1.14 bits per heavy atom. The van der Waals surface area contributed by atoms with Crippen molar-refractivity contribution in [2.45, 2.75) is 13.5 Å². The fourth-order valence-corrected chi connectivity index (χ4v) is 3.94. The van der Waals surface area contributed by atoms with Crippen molar-refractivity contribution in [2.24, 2.45) is 0 Å². The van der Waals surface area contributed by atoms with Crippen molar-refractivity contribution in [1.29, 1.82) is 0 Å². The summed E-state index contributed by atoms with van der Waals surface area (Å²) in [5.41, 5.74) is 1.75. The summed E-state index contributed by atoms with van der Waals surface area (Å²) < 4.78 is 38.0. The van der Waals surface area contributed by atoms with Gasteiger partial charge >= 0.3 is 0 Å². The number of carbonyl (C=O) groups is 1. The van der Waals surface area contributed by atoms with Gasteiger partial charge in [0.15, 0.2) is 5.13 Å². The first kappa shape index (κ1) is 20.0. The fraction of sp³-hybridized carbons (Fsp3) is 0.158. The summed E-state index contributed by atoms with van der Waals surface area (Å²) in [6.07, 6.45) is 0.910. The van der Waals surface area contributed by atoms with Gasteiger partial charge in [-0.15, -0.1) is 11.3 Å². The van der Waals surface area contributed by atoms with Gasteiger partial charge in [0.25, 0.3) is 5.91 Å². The zero-order valence-electron chi connectivity index (χ0n) is 15.2. The van der Waals surface area contributed by atoms with Gasteiger partial charge < -0.3 is 4.90 Å². The van der Waals surface area contributed by atoms with Crippen LogP contribution in [0.2, 0.25) is 0 Å². The van der Waals surface area contributed by atoms with Crippen LogP contribution in [0.1, 0.15) is 20.9 Å². The summed E-state index contributed by atoms with van der Waals surface area (Å²) >= 11 is 1.26. The molecular formula is C19H18FN3O3S2. The van der Waals surface area contributed by atoms with Crippen LogP contribution in [0.25, 0.3) is 0 Å². The van der Waals surface area contributed by atoms with Crippen molar-refractivity contribution < 1.29 is 17.6 Å². The van der Waals surface area contributed by atoms with Gasteiger partial charge in [-0.1, -0.05) is 30.3 Å². The summed E-state index contributed by atoms with van der Waals surface area (Å²) in [5, 5.41) is 0.506. The molecule has 28 heavy (non-hydrogen) atoms. The average Bonchev–Trinajstić information content (AvgIpc) is 3.02. The van der Waals surface area contributed by atoms with Crippen molar-refractivity contribution in [2.75, 3.05) is 11.2 Å².